The number of carboxylic acids is 2. The molecule has 0 saturated carbocycles. The molecule has 0 atom stereocenters. The molecule has 0 fully saturated rings. The standard InChI is InChI=1S/C29H32N2O12S2/c32-28(33)10-3-1-5-16-30-22-18-20(44-43-42-36)12-14-24(22)40-26(30)8-7-9-27-31(17-6-2-4-11-29(34)35)23-19-21(45(37,38)39)13-15-25(23)41-27/h7-9,12-15,18-19H,1-6,10-11,16-17H2,(H3-,32,33,34,35,36,37,38,39)/p-1. The summed E-state index contributed by atoms with van der Waals surface area (Å²) in [6, 6.07) is 9.02. The SMILES string of the molecule is O=C(O)CCCCCN1/C(=C/C=C/c2oc3ccc(SOO[O-])cc3[n+]2CCCCCC(=O)O)Oc2ccc(S(=O)(=O)[O-])cc21. The zero-order valence-electron chi connectivity index (χ0n) is 24.0. The highest BCUT2D eigenvalue weighted by molar-refractivity contribution is 7.94. The number of carboxylic acid groups (broad SMARTS) is 2. The predicted molar refractivity (Wildman–Crippen MR) is 156 cm³/mol. The zero-order valence-corrected chi connectivity index (χ0v) is 25.6. The largest absolute Gasteiger partial charge is 0.744 e. The van der Waals surface area contributed by atoms with Crippen molar-refractivity contribution in [1.29, 1.82) is 0 Å². The Labute approximate surface area is 262 Å². The summed E-state index contributed by atoms with van der Waals surface area (Å²) in [4.78, 5) is 23.7. The van der Waals surface area contributed by atoms with Gasteiger partial charge >= 0.3 is 17.8 Å². The summed E-state index contributed by atoms with van der Waals surface area (Å²) < 4.78 is 53.4. The van der Waals surface area contributed by atoms with Crippen LogP contribution in [-0.2, 0) is 35.6 Å². The molecular formula is C29H31N2O12S2-. The Morgan fingerprint density at radius 3 is 2.42 bits per heavy atom. The van der Waals surface area contributed by atoms with Crippen molar-refractivity contribution in [1.82, 2.24) is 0 Å². The summed E-state index contributed by atoms with van der Waals surface area (Å²) >= 11 is 0.740. The maximum absolute atomic E-state index is 11.7. The lowest BCUT2D eigenvalue weighted by molar-refractivity contribution is -0.777. The number of aryl methyl sites for hydroxylation is 1. The fraction of sp³-hybridized carbons (Fsp3) is 0.345. The molecule has 2 N–H and O–H groups in total. The summed E-state index contributed by atoms with van der Waals surface area (Å²) in [5.74, 6) is -0.541. The van der Waals surface area contributed by atoms with Crippen LogP contribution in [0.4, 0.5) is 5.69 Å². The van der Waals surface area contributed by atoms with Crippen molar-refractivity contribution in [3.05, 3.63) is 60.3 Å². The monoisotopic (exact) mass is 663 g/mol. The first-order valence-corrected chi connectivity index (χ1v) is 16.2. The molecular weight excluding hydrogens is 632 g/mol. The van der Waals surface area contributed by atoms with Crippen LogP contribution in [0.15, 0.2) is 68.6 Å². The number of anilines is 1. The van der Waals surface area contributed by atoms with E-state index >= 15 is 0 Å². The van der Waals surface area contributed by atoms with Gasteiger partial charge in [-0.05, 0) is 68.2 Å². The topological polar surface area (TPSA) is 203 Å². The van der Waals surface area contributed by atoms with Gasteiger partial charge in [0, 0.05) is 36.8 Å². The first-order valence-electron chi connectivity index (χ1n) is 14.0. The van der Waals surface area contributed by atoms with Crippen LogP contribution in [0.1, 0.15) is 57.3 Å². The molecule has 1 aromatic heterocycles. The zero-order chi connectivity index (χ0) is 32.4. The Hall–Kier alpha value is -3.93. The fourth-order valence-electron chi connectivity index (χ4n) is 4.79. The number of nitrogens with zero attached hydrogens (tertiary/aromatic N) is 2. The van der Waals surface area contributed by atoms with Crippen LogP contribution in [0, 0.1) is 0 Å². The second-order valence-electron chi connectivity index (χ2n) is 10.1. The van der Waals surface area contributed by atoms with Gasteiger partial charge in [-0.2, -0.15) is 8.90 Å². The molecule has 0 aliphatic carbocycles. The number of unbranched alkanes of at least 4 members (excludes halogenated alkanes) is 4. The number of benzene rings is 2. The van der Waals surface area contributed by atoms with Gasteiger partial charge in [0.2, 0.25) is 11.5 Å². The van der Waals surface area contributed by atoms with Crippen LogP contribution in [0.3, 0.4) is 0 Å². The number of aromatic nitrogens is 1. The second kappa shape index (κ2) is 15.9. The number of carbonyl (C=O) groups is 2. The van der Waals surface area contributed by atoms with E-state index in [0.29, 0.717) is 90.8 Å². The lowest BCUT2D eigenvalue weighted by Gasteiger charge is -2.18. The molecule has 2 heterocycles. The lowest BCUT2D eigenvalue weighted by Crippen LogP contribution is -2.35. The highest BCUT2D eigenvalue weighted by atomic mass is 32.2. The molecule has 1 aliphatic heterocycles. The summed E-state index contributed by atoms with van der Waals surface area (Å²) in [5.41, 5.74) is 1.66. The van der Waals surface area contributed by atoms with E-state index in [4.69, 9.17) is 19.4 Å². The van der Waals surface area contributed by atoms with Crippen molar-refractivity contribution in [2.45, 2.75) is 67.7 Å². The average molecular weight is 664 g/mol. The normalized spacial score (nSPS) is 14.0. The number of hydrogen-bond donors (Lipinski definition) is 2. The van der Waals surface area contributed by atoms with Crippen LogP contribution in [-0.4, -0.2) is 41.7 Å². The van der Waals surface area contributed by atoms with Gasteiger partial charge in [0.15, 0.2) is 12.3 Å². The van der Waals surface area contributed by atoms with Crippen LogP contribution in [0.5, 0.6) is 5.75 Å². The molecule has 0 amide bonds. The van der Waals surface area contributed by atoms with E-state index in [0.717, 1.165) is 12.0 Å². The average Bonchev–Trinajstić information content (AvgIpc) is 3.51. The minimum absolute atomic E-state index is 0.0355. The molecule has 1 aliphatic rings. The number of rotatable bonds is 18. The van der Waals surface area contributed by atoms with Gasteiger partial charge in [0.1, 0.15) is 10.1 Å². The van der Waals surface area contributed by atoms with Crippen molar-refractivity contribution < 1.29 is 61.1 Å². The first-order chi connectivity index (χ1) is 21.6. The molecule has 4 rings (SSSR count). The van der Waals surface area contributed by atoms with Gasteiger partial charge in [0.05, 0.1) is 28.7 Å². The lowest BCUT2D eigenvalue weighted by atomic mass is 10.2. The Morgan fingerprint density at radius 1 is 1.00 bits per heavy atom. The maximum atomic E-state index is 11.7. The van der Waals surface area contributed by atoms with Gasteiger partial charge in [-0.1, -0.05) is 6.42 Å². The minimum Gasteiger partial charge on any atom is -0.744 e. The predicted octanol–water partition coefficient (Wildman–Crippen LogP) is 3.90. The van der Waals surface area contributed by atoms with Crippen molar-refractivity contribution >= 4 is 57.0 Å². The van der Waals surface area contributed by atoms with E-state index in [9.17, 15) is 27.8 Å². The van der Waals surface area contributed by atoms with Crippen LogP contribution in [0.2, 0.25) is 0 Å². The maximum Gasteiger partial charge on any atom is 0.374 e. The second-order valence-corrected chi connectivity index (χ2v) is 12.2. The number of oxazole rings is 1. The molecule has 14 nitrogen and oxygen atoms in total. The number of hydrogen-bond acceptors (Lipinski definition) is 12. The van der Waals surface area contributed by atoms with E-state index in [1.54, 1.807) is 41.3 Å². The third-order valence-corrected chi connectivity index (χ3v) is 8.27. The molecule has 0 unspecified atom stereocenters. The quantitative estimate of drug-likeness (QED) is 0.0495. The summed E-state index contributed by atoms with van der Waals surface area (Å²) in [5, 5.41) is 31.6. The molecule has 0 spiro atoms. The molecule has 0 radical (unpaired) electrons. The highest BCUT2D eigenvalue weighted by Crippen LogP contribution is 2.40. The number of ether oxygens (including phenoxy) is 1. The molecule has 45 heavy (non-hydrogen) atoms. The molecule has 0 saturated heterocycles. The van der Waals surface area contributed by atoms with E-state index in [1.165, 1.54) is 18.2 Å². The summed E-state index contributed by atoms with van der Waals surface area (Å²) in [7, 11) is -4.71. The van der Waals surface area contributed by atoms with Crippen LogP contribution < -0.4 is 19.5 Å². The van der Waals surface area contributed by atoms with Gasteiger partial charge < -0.3 is 34.1 Å². The van der Waals surface area contributed by atoms with Crippen molar-refractivity contribution in [2.75, 3.05) is 11.4 Å². The Bertz CT molecular complexity index is 1680. The van der Waals surface area contributed by atoms with Crippen molar-refractivity contribution in [3.8, 4) is 5.75 Å². The smallest absolute Gasteiger partial charge is 0.374 e. The van der Waals surface area contributed by atoms with Gasteiger partial charge in [0.25, 0.3) is 5.52 Å². The number of fused-ring (bicyclic) bond motifs is 2. The van der Waals surface area contributed by atoms with E-state index < -0.39 is 27.0 Å². The van der Waals surface area contributed by atoms with E-state index in [-0.39, 0.29) is 12.8 Å². The van der Waals surface area contributed by atoms with Crippen LogP contribution in [0.25, 0.3) is 17.2 Å². The Morgan fingerprint density at radius 2 is 1.73 bits per heavy atom. The Kier molecular flexibility index (Phi) is 12.0. The summed E-state index contributed by atoms with van der Waals surface area (Å²) in [6.07, 6.45) is 8.71. The van der Waals surface area contributed by atoms with E-state index in [1.807, 2.05) is 4.57 Å². The molecule has 242 valence electrons. The van der Waals surface area contributed by atoms with Gasteiger partial charge in [-0.3, -0.25) is 14.6 Å². The minimum atomic E-state index is -4.71. The van der Waals surface area contributed by atoms with E-state index in [2.05, 4.69) is 9.37 Å². The van der Waals surface area contributed by atoms with Crippen LogP contribution >= 0.6 is 12.0 Å². The number of allylic oxidation sites excluding steroid dienone is 2. The third-order valence-electron chi connectivity index (χ3n) is 6.87. The molecule has 2 aromatic carbocycles. The first kappa shape index (κ1) is 34.0. The van der Waals surface area contributed by atoms with Gasteiger partial charge in [-0.25, -0.2) is 8.42 Å². The third kappa shape index (κ3) is 9.53. The summed E-state index contributed by atoms with van der Waals surface area (Å²) in [6.45, 7) is 0.887. The fourth-order valence-corrected chi connectivity index (χ4v) is 5.67. The van der Waals surface area contributed by atoms with Crippen molar-refractivity contribution in [3.63, 3.8) is 0 Å². The molecule has 16 heteroatoms. The van der Waals surface area contributed by atoms with Crippen molar-refractivity contribution in [2.24, 2.45) is 0 Å². The molecule has 3 aromatic rings. The number of aliphatic carboxylic acids is 2. The van der Waals surface area contributed by atoms with Gasteiger partial charge in [-0.15, -0.1) is 0 Å². The highest BCUT2D eigenvalue weighted by Gasteiger charge is 2.27. The molecule has 0 bridgehead atoms. The Balaban J connectivity index is 1.60.